The van der Waals surface area contributed by atoms with Crippen LogP contribution in [0.15, 0.2) is 34.1 Å². The average Bonchev–Trinajstić information content (AvgIpc) is 2.74. The standard InChI is InChI=1S/C12H11BrClNOS/c1-16-12-5-9(2-3-11(12)14)15-6-10-4-8(13)7-17-10/h2-5,7,15H,6H2,1H3. The maximum absolute atomic E-state index is 5.96. The Morgan fingerprint density at radius 2 is 2.24 bits per heavy atom. The zero-order chi connectivity index (χ0) is 12.3. The Hall–Kier alpha value is -0.710. The van der Waals surface area contributed by atoms with E-state index in [1.807, 2.05) is 18.2 Å². The molecule has 1 aromatic carbocycles. The van der Waals surface area contributed by atoms with E-state index in [2.05, 4.69) is 32.7 Å². The molecule has 2 rings (SSSR count). The van der Waals surface area contributed by atoms with E-state index in [1.54, 1.807) is 18.4 Å². The van der Waals surface area contributed by atoms with Crippen LogP contribution in [0.2, 0.25) is 5.02 Å². The lowest BCUT2D eigenvalue weighted by Crippen LogP contribution is -1.97. The first-order chi connectivity index (χ1) is 8.19. The van der Waals surface area contributed by atoms with Crippen LogP contribution in [0.1, 0.15) is 4.88 Å². The van der Waals surface area contributed by atoms with E-state index in [0.29, 0.717) is 10.8 Å². The normalized spacial score (nSPS) is 10.3. The first-order valence-electron chi connectivity index (χ1n) is 4.99. The molecule has 0 saturated carbocycles. The molecule has 2 aromatic rings. The largest absolute Gasteiger partial charge is 0.495 e. The summed E-state index contributed by atoms with van der Waals surface area (Å²) < 4.78 is 6.28. The quantitative estimate of drug-likeness (QED) is 0.869. The van der Waals surface area contributed by atoms with E-state index in [0.717, 1.165) is 16.7 Å². The van der Waals surface area contributed by atoms with Gasteiger partial charge in [-0.15, -0.1) is 11.3 Å². The zero-order valence-electron chi connectivity index (χ0n) is 9.17. The Morgan fingerprint density at radius 3 is 2.88 bits per heavy atom. The lowest BCUT2D eigenvalue weighted by atomic mass is 10.3. The van der Waals surface area contributed by atoms with Crippen LogP contribution in [-0.2, 0) is 6.54 Å². The first-order valence-corrected chi connectivity index (χ1v) is 7.04. The third-order valence-corrected chi connectivity index (χ3v) is 4.25. The molecule has 90 valence electrons. The number of benzene rings is 1. The van der Waals surface area contributed by atoms with Crippen molar-refractivity contribution in [3.05, 3.63) is 44.0 Å². The van der Waals surface area contributed by atoms with Crippen molar-refractivity contribution in [3.63, 3.8) is 0 Å². The first kappa shape index (κ1) is 12.7. The fraction of sp³-hybridized carbons (Fsp3) is 0.167. The molecule has 1 heterocycles. The minimum atomic E-state index is 0.622. The van der Waals surface area contributed by atoms with Crippen LogP contribution < -0.4 is 10.1 Å². The highest BCUT2D eigenvalue weighted by Crippen LogP contribution is 2.28. The topological polar surface area (TPSA) is 21.3 Å². The molecule has 0 fully saturated rings. The van der Waals surface area contributed by atoms with Crippen molar-refractivity contribution in [3.8, 4) is 5.75 Å². The molecule has 0 aliphatic heterocycles. The van der Waals surface area contributed by atoms with Gasteiger partial charge in [0.25, 0.3) is 0 Å². The molecule has 17 heavy (non-hydrogen) atoms. The van der Waals surface area contributed by atoms with Crippen molar-refractivity contribution >= 4 is 44.6 Å². The molecule has 1 N–H and O–H groups in total. The van der Waals surface area contributed by atoms with Gasteiger partial charge in [-0.1, -0.05) is 11.6 Å². The van der Waals surface area contributed by atoms with Crippen LogP contribution in [0, 0.1) is 0 Å². The average molecular weight is 333 g/mol. The van der Waals surface area contributed by atoms with Gasteiger partial charge in [0.05, 0.1) is 12.1 Å². The van der Waals surface area contributed by atoms with E-state index < -0.39 is 0 Å². The van der Waals surface area contributed by atoms with Crippen LogP contribution in [0.25, 0.3) is 0 Å². The SMILES string of the molecule is COc1cc(NCc2cc(Br)cs2)ccc1Cl. The summed E-state index contributed by atoms with van der Waals surface area (Å²) in [4.78, 5) is 1.27. The van der Waals surface area contributed by atoms with Gasteiger partial charge in [-0.3, -0.25) is 0 Å². The predicted molar refractivity (Wildman–Crippen MR) is 77.3 cm³/mol. The van der Waals surface area contributed by atoms with Crippen molar-refractivity contribution < 1.29 is 4.74 Å². The lowest BCUT2D eigenvalue weighted by Gasteiger charge is -2.08. The molecule has 1 aromatic heterocycles. The second-order valence-corrected chi connectivity index (χ2v) is 5.75. The molecule has 5 heteroatoms. The van der Waals surface area contributed by atoms with Gasteiger partial charge >= 0.3 is 0 Å². The Kier molecular flexibility index (Phi) is 4.31. The zero-order valence-corrected chi connectivity index (χ0v) is 12.3. The molecule has 0 aliphatic carbocycles. The van der Waals surface area contributed by atoms with Crippen molar-refractivity contribution in [2.45, 2.75) is 6.54 Å². The van der Waals surface area contributed by atoms with Gasteiger partial charge in [-0.2, -0.15) is 0 Å². The number of anilines is 1. The Morgan fingerprint density at radius 1 is 1.41 bits per heavy atom. The molecular formula is C12H11BrClNOS. The molecule has 0 amide bonds. The highest BCUT2D eigenvalue weighted by molar-refractivity contribution is 9.10. The van der Waals surface area contributed by atoms with Gasteiger partial charge in [0.15, 0.2) is 0 Å². The summed E-state index contributed by atoms with van der Waals surface area (Å²) >= 11 is 11.1. The molecule has 0 saturated heterocycles. The number of hydrogen-bond acceptors (Lipinski definition) is 3. The van der Waals surface area contributed by atoms with Gasteiger partial charge in [-0.25, -0.2) is 0 Å². The van der Waals surface area contributed by atoms with E-state index in [-0.39, 0.29) is 0 Å². The minimum absolute atomic E-state index is 0.622. The summed E-state index contributed by atoms with van der Waals surface area (Å²) in [6.45, 7) is 0.793. The van der Waals surface area contributed by atoms with Gasteiger partial charge in [0, 0.05) is 33.0 Å². The molecule has 0 aliphatic rings. The van der Waals surface area contributed by atoms with Gasteiger partial charge < -0.3 is 10.1 Å². The molecule has 0 spiro atoms. The number of hydrogen-bond donors (Lipinski definition) is 1. The van der Waals surface area contributed by atoms with Gasteiger partial charge in [0.1, 0.15) is 5.75 Å². The maximum atomic E-state index is 5.96. The minimum Gasteiger partial charge on any atom is -0.495 e. The fourth-order valence-corrected chi connectivity index (χ4v) is 2.99. The molecule has 0 atom stereocenters. The number of rotatable bonds is 4. The van der Waals surface area contributed by atoms with E-state index in [1.165, 1.54) is 4.88 Å². The van der Waals surface area contributed by atoms with E-state index >= 15 is 0 Å². The summed E-state index contributed by atoms with van der Waals surface area (Å²) in [6, 6.07) is 7.76. The number of nitrogens with one attached hydrogen (secondary N) is 1. The van der Waals surface area contributed by atoms with Gasteiger partial charge in [0.2, 0.25) is 0 Å². The third-order valence-electron chi connectivity index (χ3n) is 2.24. The van der Waals surface area contributed by atoms with E-state index in [9.17, 15) is 0 Å². The van der Waals surface area contributed by atoms with Crippen LogP contribution in [0.3, 0.4) is 0 Å². The Bertz CT molecular complexity index is 515. The number of halogens is 2. The van der Waals surface area contributed by atoms with Crippen molar-refractivity contribution in [1.82, 2.24) is 0 Å². The summed E-state index contributed by atoms with van der Waals surface area (Å²) in [5.74, 6) is 0.684. The summed E-state index contributed by atoms with van der Waals surface area (Å²) in [7, 11) is 1.61. The number of thiophene rings is 1. The van der Waals surface area contributed by atoms with Gasteiger partial charge in [-0.05, 0) is 34.1 Å². The van der Waals surface area contributed by atoms with Crippen molar-refractivity contribution in [1.29, 1.82) is 0 Å². The predicted octanol–water partition coefficient (Wildman–Crippen LogP) is 4.78. The van der Waals surface area contributed by atoms with Crippen LogP contribution in [0.4, 0.5) is 5.69 Å². The highest BCUT2D eigenvalue weighted by atomic mass is 79.9. The maximum Gasteiger partial charge on any atom is 0.139 e. The second kappa shape index (κ2) is 5.76. The third kappa shape index (κ3) is 3.37. The van der Waals surface area contributed by atoms with E-state index in [4.69, 9.17) is 16.3 Å². The second-order valence-electron chi connectivity index (χ2n) is 3.43. The molecule has 2 nitrogen and oxygen atoms in total. The Balaban J connectivity index is 2.04. The molecular weight excluding hydrogens is 322 g/mol. The highest BCUT2D eigenvalue weighted by Gasteiger charge is 2.02. The summed E-state index contributed by atoms with van der Waals surface area (Å²) in [5.41, 5.74) is 0.996. The molecule has 0 radical (unpaired) electrons. The fourth-order valence-electron chi connectivity index (χ4n) is 1.41. The smallest absolute Gasteiger partial charge is 0.139 e. The summed E-state index contributed by atoms with van der Waals surface area (Å²) in [6.07, 6.45) is 0. The van der Waals surface area contributed by atoms with Crippen molar-refractivity contribution in [2.75, 3.05) is 12.4 Å². The monoisotopic (exact) mass is 331 g/mol. The van der Waals surface area contributed by atoms with Crippen molar-refractivity contribution in [2.24, 2.45) is 0 Å². The number of methoxy groups -OCH3 is 1. The van der Waals surface area contributed by atoms with Crippen LogP contribution in [0.5, 0.6) is 5.75 Å². The molecule has 0 bridgehead atoms. The van der Waals surface area contributed by atoms with Crippen LogP contribution >= 0.6 is 38.9 Å². The summed E-state index contributed by atoms with van der Waals surface area (Å²) in [5, 5.41) is 6.02. The lowest BCUT2D eigenvalue weighted by molar-refractivity contribution is 0.415. The Labute approximate surface area is 118 Å². The number of ether oxygens (including phenoxy) is 1. The molecule has 0 unspecified atom stereocenters. The van der Waals surface area contributed by atoms with Crippen LogP contribution in [-0.4, -0.2) is 7.11 Å².